The minimum Gasteiger partial charge on any atom is -0.490 e. The number of rotatable bonds is 5. The summed E-state index contributed by atoms with van der Waals surface area (Å²) in [5.41, 5.74) is 5.58. The lowest BCUT2D eigenvalue weighted by Crippen LogP contribution is -2.23. The molecule has 1 aliphatic rings. The Hall–Kier alpha value is -0.710. The summed E-state index contributed by atoms with van der Waals surface area (Å²) in [6.07, 6.45) is 4.56. The van der Waals surface area contributed by atoms with Crippen LogP contribution in [0.3, 0.4) is 0 Å². The molecule has 4 heteroatoms. The average Bonchev–Trinajstić information content (AvgIpc) is 2.84. The SMILES string of the molecule is CSc1ccccc1OCC1CCC(CN)O1. The third kappa shape index (κ3) is 3.37. The van der Waals surface area contributed by atoms with Crippen LogP contribution in [-0.4, -0.2) is 31.6 Å². The molecule has 0 saturated carbocycles. The van der Waals surface area contributed by atoms with Crippen LogP contribution in [0.1, 0.15) is 12.8 Å². The number of benzene rings is 1. The Labute approximate surface area is 107 Å². The second kappa shape index (κ2) is 6.28. The molecule has 0 aliphatic carbocycles. The minimum atomic E-state index is 0.193. The van der Waals surface area contributed by atoms with E-state index in [2.05, 4.69) is 12.3 Å². The zero-order valence-electron chi connectivity index (χ0n) is 10.1. The first-order valence-electron chi connectivity index (χ1n) is 5.95. The Morgan fingerprint density at radius 2 is 2.12 bits per heavy atom. The van der Waals surface area contributed by atoms with Crippen molar-refractivity contribution in [2.24, 2.45) is 5.73 Å². The molecule has 1 aromatic carbocycles. The highest BCUT2D eigenvalue weighted by atomic mass is 32.2. The van der Waals surface area contributed by atoms with Gasteiger partial charge in [-0.15, -0.1) is 11.8 Å². The van der Waals surface area contributed by atoms with E-state index < -0.39 is 0 Å². The number of ether oxygens (including phenoxy) is 2. The largest absolute Gasteiger partial charge is 0.490 e. The molecule has 2 rings (SSSR count). The lowest BCUT2D eigenvalue weighted by Gasteiger charge is -2.15. The van der Waals surface area contributed by atoms with Crippen LogP contribution in [0.4, 0.5) is 0 Å². The van der Waals surface area contributed by atoms with Crippen LogP contribution in [0.5, 0.6) is 5.75 Å². The molecule has 2 unspecified atom stereocenters. The monoisotopic (exact) mass is 253 g/mol. The number of para-hydroxylation sites is 1. The van der Waals surface area contributed by atoms with Gasteiger partial charge in [-0.2, -0.15) is 0 Å². The molecule has 1 aliphatic heterocycles. The molecule has 1 fully saturated rings. The van der Waals surface area contributed by atoms with Gasteiger partial charge in [-0.1, -0.05) is 12.1 Å². The van der Waals surface area contributed by atoms with Gasteiger partial charge in [-0.05, 0) is 31.2 Å². The summed E-state index contributed by atoms with van der Waals surface area (Å²) >= 11 is 1.70. The van der Waals surface area contributed by atoms with E-state index in [-0.39, 0.29) is 12.2 Å². The van der Waals surface area contributed by atoms with E-state index >= 15 is 0 Å². The predicted octanol–water partition coefficient (Wildman–Crippen LogP) is 2.29. The van der Waals surface area contributed by atoms with E-state index in [0.717, 1.165) is 18.6 Å². The Morgan fingerprint density at radius 3 is 2.82 bits per heavy atom. The molecule has 2 atom stereocenters. The molecule has 0 amide bonds. The van der Waals surface area contributed by atoms with Gasteiger partial charge in [0.15, 0.2) is 0 Å². The minimum absolute atomic E-state index is 0.193. The number of hydrogen-bond acceptors (Lipinski definition) is 4. The maximum atomic E-state index is 5.82. The van der Waals surface area contributed by atoms with Crippen molar-refractivity contribution in [1.82, 2.24) is 0 Å². The van der Waals surface area contributed by atoms with Gasteiger partial charge >= 0.3 is 0 Å². The van der Waals surface area contributed by atoms with Crippen molar-refractivity contribution in [3.8, 4) is 5.75 Å². The quantitative estimate of drug-likeness (QED) is 0.818. The van der Waals surface area contributed by atoms with Gasteiger partial charge in [0.05, 0.1) is 12.2 Å². The van der Waals surface area contributed by atoms with Crippen LogP contribution < -0.4 is 10.5 Å². The molecule has 0 radical (unpaired) electrons. The Balaban J connectivity index is 1.85. The Bertz CT molecular complexity index is 359. The molecular weight excluding hydrogens is 234 g/mol. The third-order valence-corrected chi connectivity index (χ3v) is 3.73. The lowest BCUT2D eigenvalue weighted by atomic mass is 10.2. The van der Waals surface area contributed by atoms with Crippen LogP contribution in [-0.2, 0) is 4.74 Å². The highest BCUT2D eigenvalue weighted by Crippen LogP contribution is 2.28. The average molecular weight is 253 g/mol. The molecule has 2 N–H and O–H groups in total. The van der Waals surface area contributed by atoms with E-state index in [9.17, 15) is 0 Å². The van der Waals surface area contributed by atoms with Gasteiger partial charge in [0.25, 0.3) is 0 Å². The van der Waals surface area contributed by atoms with E-state index in [4.69, 9.17) is 15.2 Å². The first-order valence-corrected chi connectivity index (χ1v) is 7.17. The van der Waals surface area contributed by atoms with Gasteiger partial charge in [0.2, 0.25) is 0 Å². The first kappa shape index (κ1) is 12.7. The van der Waals surface area contributed by atoms with Crippen LogP contribution in [0.15, 0.2) is 29.2 Å². The number of thioether (sulfide) groups is 1. The van der Waals surface area contributed by atoms with Gasteiger partial charge in [0.1, 0.15) is 12.4 Å². The molecule has 1 heterocycles. The van der Waals surface area contributed by atoms with Crippen molar-refractivity contribution in [1.29, 1.82) is 0 Å². The Morgan fingerprint density at radius 1 is 1.35 bits per heavy atom. The van der Waals surface area contributed by atoms with Crippen molar-refractivity contribution in [2.75, 3.05) is 19.4 Å². The van der Waals surface area contributed by atoms with Gasteiger partial charge in [-0.3, -0.25) is 0 Å². The van der Waals surface area contributed by atoms with Crippen LogP contribution >= 0.6 is 11.8 Å². The summed E-state index contributed by atoms with van der Waals surface area (Å²) in [6.45, 7) is 1.23. The van der Waals surface area contributed by atoms with Crippen molar-refractivity contribution in [3.63, 3.8) is 0 Å². The molecular formula is C13H19NO2S. The third-order valence-electron chi connectivity index (χ3n) is 2.95. The van der Waals surface area contributed by atoms with E-state index in [0.29, 0.717) is 13.2 Å². The molecule has 1 saturated heterocycles. The summed E-state index contributed by atoms with van der Waals surface area (Å²) in [5.74, 6) is 0.944. The zero-order chi connectivity index (χ0) is 12.1. The number of nitrogens with two attached hydrogens (primary N) is 1. The highest BCUT2D eigenvalue weighted by molar-refractivity contribution is 7.98. The summed E-state index contributed by atoms with van der Waals surface area (Å²) in [4.78, 5) is 1.17. The maximum Gasteiger partial charge on any atom is 0.132 e. The maximum absolute atomic E-state index is 5.82. The first-order chi connectivity index (χ1) is 8.33. The summed E-state index contributed by atoms with van der Waals surface area (Å²) in [7, 11) is 0. The second-order valence-electron chi connectivity index (χ2n) is 4.16. The van der Waals surface area contributed by atoms with E-state index in [1.807, 2.05) is 18.2 Å². The fraction of sp³-hybridized carbons (Fsp3) is 0.538. The van der Waals surface area contributed by atoms with Gasteiger partial charge in [-0.25, -0.2) is 0 Å². The summed E-state index contributed by atoms with van der Waals surface area (Å²) in [5, 5.41) is 0. The molecule has 0 aromatic heterocycles. The second-order valence-corrected chi connectivity index (χ2v) is 5.00. The van der Waals surface area contributed by atoms with E-state index in [1.54, 1.807) is 11.8 Å². The Kier molecular flexibility index (Phi) is 4.71. The van der Waals surface area contributed by atoms with Gasteiger partial charge < -0.3 is 15.2 Å². The highest BCUT2D eigenvalue weighted by Gasteiger charge is 2.24. The zero-order valence-corrected chi connectivity index (χ0v) is 10.9. The van der Waals surface area contributed by atoms with Crippen molar-refractivity contribution in [3.05, 3.63) is 24.3 Å². The predicted molar refractivity (Wildman–Crippen MR) is 70.7 cm³/mol. The fourth-order valence-electron chi connectivity index (χ4n) is 2.00. The van der Waals surface area contributed by atoms with Crippen molar-refractivity contribution < 1.29 is 9.47 Å². The topological polar surface area (TPSA) is 44.5 Å². The van der Waals surface area contributed by atoms with Crippen LogP contribution in [0.2, 0.25) is 0 Å². The number of hydrogen-bond donors (Lipinski definition) is 1. The molecule has 17 heavy (non-hydrogen) atoms. The standard InChI is InChI=1S/C13H19NO2S/c1-17-13-5-3-2-4-12(13)15-9-11-7-6-10(8-14)16-11/h2-5,10-11H,6-9,14H2,1H3. The molecule has 94 valence electrons. The summed E-state index contributed by atoms with van der Waals surface area (Å²) < 4.78 is 11.6. The fourth-order valence-corrected chi connectivity index (χ4v) is 2.54. The van der Waals surface area contributed by atoms with Crippen molar-refractivity contribution >= 4 is 11.8 Å². The summed E-state index contributed by atoms with van der Waals surface area (Å²) in [6, 6.07) is 8.09. The lowest BCUT2D eigenvalue weighted by molar-refractivity contribution is 0.0216. The van der Waals surface area contributed by atoms with Gasteiger partial charge in [0, 0.05) is 11.4 Å². The molecule has 0 spiro atoms. The van der Waals surface area contributed by atoms with E-state index in [1.165, 1.54) is 4.90 Å². The molecule has 1 aromatic rings. The smallest absolute Gasteiger partial charge is 0.132 e. The molecule has 3 nitrogen and oxygen atoms in total. The normalized spacial score (nSPS) is 23.9. The van der Waals surface area contributed by atoms with Crippen LogP contribution in [0.25, 0.3) is 0 Å². The van der Waals surface area contributed by atoms with Crippen molar-refractivity contribution in [2.45, 2.75) is 29.9 Å². The van der Waals surface area contributed by atoms with Crippen LogP contribution in [0, 0.1) is 0 Å². The molecule has 0 bridgehead atoms.